The molecule has 0 spiro atoms. The summed E-state index contributed by atoms with van der Waals surface area (Å²) in [5, 5.41) is 0. The summed E-state index contributed by atoms with van der Waals surface area (Å²) in [7, 11) is 0. The van der Waals surface area contributed by atoms with Gasteiger partial charge in [0.1, 0.15) is 6.04 Å². The summed E-state index contributed by atoms with van der Waals surface area (Å²) >= 11 is 3.74. The van der Waals surface area contributed by atoms with Crippen LogP contribution in [0, 0.1) is 0 Å². The number of piperidine rings is 1. The first kappa shape index (κ1) is 21.5. The fraction of sp³-hybridized carbons (Fsp3) is 0.440. The molecule has 5 rings (SSSR count). The normalized spacial score (nSPS) is 20.9. The van der Waals surface area contributed by atoms with Gasteiger partial charge in [-0.3, -0.25) is 18.8 Å². The molecule has 1 amide bonds. The molecule has 168 valence electrons. The van der Waals surface area contributed by atoms with Crippen molar-refractivity contribution in [2.45, 2.75) is 57.2 Å². The predicted octanol–water partition coefficient (Wildman–Crippen LogP) is 4.33. The number of likely N-dealkylation sites (tertiary alicyclic amines) is 1. The molecule has 6 nitrogen and oxygen atoms in total. The highest BCUT2D eigenvalue weighted by Crippen LogP contribution is 2.39. The number of imidazole rings is 1. The molecule has 7 heteroatoms. The molecule has 0 radical (unpaired) electrons. The van der Waals surface area contributed by atoms with Crippen LogP contribution in [0.5, 0.6) is 0 Å². The zero-order chi connectivity index (χ0) is 22.4. The Kier molecular flexibility index (Phi) is 5.72. The summed E-state index contributed by atoms with van der Waals surface area (Å²) < 4.78 is 4.67. The molecule has 1 aliphatic heterocycles. The van der Waals surface area contributed by atoms with Crippen molar-refractivity contribution in [1.82, 2.24) is 14.0 Å². The van der Waals surface area contributed by atoms with Crippen molar-refractivity contribution in [2.24, 2.45) is 5.73 Å². The molecule has 1 saturated heterocycles. The second kappa shape index (κ2) is 8.52. The fourth-order valence-corrected chi connectivity index (χ4v) is 6.24. The third-order valence-electron chi connectivity index (χ3n) is 7.34. The van der Waals surface area contributed by atoms with Crippen LogP contribution in [0.25, 0.3) is 11.0 Å². The number of halogens is 1. The summed E-state index contributed by atoms with van der Waals surface area (Å²) in [5.74, 6) is -0.494. The van der Waals surface area contributed by atoms with Gasteiger partial charge in [0, 0.05) is 29.6 Å². The highest BCUT2D eigenvalue weighted by Gasteiger charge is 2.32. The van der Waals surface area contributed by atoms with Gasteiger partial charge in [-0.15, -0.1) is 0 Å². The molecule has 32 heavy (non-hydrogen) atoms. The van der Waals surface area contributed by atoms with Gasteiger partial charge in [0.15, 0.2) is 0 Å². The van der Waals surface area contributed by atoms with E-state index in [2.05, 4.69) is 39.0 Å². The molecule has 0 bridgehead atoms. The SMILES string of the molecule is CC(C(N)=O)n1c(=O)n(C2CCN(C3CCCc4c(Br)cccc43)CC2)c2ccccc21. The summed E-state index contributed by atoms with van der Waals surface area (Å²) in [4.78, 5) is 27.9. The number of carbonyl (C=O) groups excluding carboxylic acids is 1. The quantitative estimate of drug-likeness (QED) is 0.584. The number of aromatic nitrogens is 2. The van der Waals surface area contributed by atoms with Crippen LogP contribution in [0.3, 0.4) is 0 Å². The highest BCUT2D eigenvalue weighted by molar-refractivity contribution is 9.10. The Bertz CT molecular complexity index is 1220. The zero-order valence-electron chi connectivity index (χ0n) is 18.3. The van der Waals surface area contributed by atoms with Crippen molar-refractivity contribution < 1.29 is 4.79 Å². The van der Waals surface area contributed by atoms with Gasteiger partial charge in [-0.2, -0.15) is 0 Å². The maximum Gasteiger partial charge on any atom is 0.330 e. The molecule has 2 heterocycles. The van der Waals surface area contributed by atoms with Gasteiger partial charge >= 0.3 is 5.69 Å². The maximum absolute atomic E-state index is 13.4. The topological polar surface area (TPSA) is 73.3 Å². The van der Waals surface area contributed by atoms with Gasteiger partial charge in [-0.05, 0) is 68.4 Å². The summed E-state index contributed by atoms with van der Waals surface area (Å²) in [5.41, 5.74) is 9.97. The standard InChI is InChI=1S/C25H29BrN4O2/c1-16(24(27)31)29-22-9-2-3-10-23(22)30(25(29)32)17-12-14-28(15-13-17)21-11-5-6-18-19(21)7-4-8-20(18)26/h2-4,7-10,16-17,21H,5-6,11-15H2,1H3,(H2,27,31). The largest absolute Gasteiger partial charge is 0.368 e. The maximum atomic E-state index is 13.4. The van der Waals surface area contributed by atoms with Crippen LogP contribution in [0.2, 0.25) is 0 Å². The minimum Gasteiger partial charge on any atom is -0.368 e. The Morgan fingerprint density at radius 1 is 1.06 bits per heavy atom. The predicted molar refractivity (Wildman–Crippen MR) is 130 cm³/mol. The van der Waals surface area contributed by atoms with Crippen molar-refractivity contribution in [1.29, 1.82) is 0 Å². The number of hydrogen-bond donors (Lipinski definition) is 1. The number of primary amides is 1. The first-order valence-electron chi connectivity index (χ1n) is 11.5. The number of para-hydroxylation sites is 2. The van der Waals surface area contributed by atoms with Gasteiger partial charge in [0.25, 0.3) is 0 Å². The van der Waals surface area contributed by atoms with Gasteiger partial charge in [-0.1, -0.05) is 40.2 Å². The lowest BCUT2D eigenvalue weighted by molar-refractivity contribution is -0.120. The van der Waals surface area contributed by atoms with E-state index in [1.165, 1.54) is 28.4 Å². The average Bonchev–Trinajstić information content (AvgIpc) is 3.10. The van der Waals surface area contributed by atoms with Gasteiger partial charge < -0.3 is 5.73 Å². The van der Waals surface area contributed by atoms with E-state index in [-0.39, 0.29) is 11.7 Å². The molecule has 2 unspecified atom stereocenters. The number of rotatable bonds is 4. The lowest BCUT2D eigenvalue weighted by Gasteiger charge is -2.40. The van der Waals surface area contributed by atoms with E-state index in [0.29, 0.717) is 6.04 Å². The minimum absolute atomic E-state index is 0.121. The zero-order valence-corrected chi connectivity index (χ0v) is 19.9. The third kappa shape index (κ3) is 3.52. The molecule has 1 aromatic heterocycles. The molecular formula is C25H29BrN4O2. The number of nitrogens with zero attached hydrogens (tertiary/aromatic N) is 3. The van der Waals surface area contributed by atoms with E-state index < -0.39 is 11.9 Å². The summed E-state index contributed by atoms with van der Waals surface area (Å²) in [6, 6.07) is 14.2. The van der Waals surface area contributed by atoms with Crippen molar-refractivity contribution in [3.05, 3.63) is 68.5 Å². The third-order valence-corrected chi connectivity index (χ3v) is 8.08. The lowest BCUT2D eigenvalue weighted by atomic mass is 9.85. The molecule has 3 aromatic rings. The lowest BCUT2D eigenvalue weighted by Crippen LogP contribution is -2.41. The molecule has 1 fully saturated rings. The van der Waals surface area contributed by atoms with Crippen LogP contribution in [0.15, 0.2) is 51.7 Å². The van der Waals surface area contributed by atoms with E-state index in [0.717, 1.165) is 43.4 Å². The molecular weight excluding hydrogens is 468 g/mol. The molecule has 1 aliphatic carbocycles. The van der Waals surface area contributed by atoms with Crippen LogP contribution in [-0.2, 0) is 11.2 Å². The number of amides is 1. The molecule has 2 aromatic carbocycles. The van der Waals surface area contributed by atoms with Crippen molar-refractivity contribution in [3.8, 4) is 0 Å². The van der Waals surface area contributed by atoms with Gasteiger partial charge in [0.2, 0.25) is 5.91 Å². The Morgan fingerprint density at radius 3 is 2.50 bits per heavy atom. The minimum atomic E-state index is -0.675. The second-order valence-electron chi connectivity index (χ2n) is 9.07. The Hall–Kier alpha value is -2.38. The van der Waals surface area contributed by atoms with Crippen molar-refractivity contribution >= 4 is 32.9 Å². The van der Waals surface area contributed by atoms with E-state index >= 15 is 0 Å². The monoisotopic (exact) mass is 496 g/mol. The number of fused-ring (bicyclic) bond motifs is 2. The number of nitrogens with two attached hydrogens (primary N) is 1. The van der Waals surface area contributed by atoms with Crippen LogP contribution in [-0.4, -0.2) is 33.0 Å². The average molecular weight is 497 g/mol. The Labute approximate surface area is 196 Å². The molecule has 0 saturated carbocycles. The summed E-state index contributed by atoms with van der Waals surface area (Å²) in [6.07, 6.45) is 5.36. The smallest absolute Gasteiger partial charge is 0.330 e. The molecule has 2 aliphatic rings. The Balaban J connectivity index is 1.43. The van der Waals surface area contributed by atoms with Crippen molar-refractivity contribution in [2.75, 3.05) is 13.1 Å². The number of carbonyl (C=O) groups is 1. The molecule has 2 atom stereocenters. The second-order valence-corrected chi connectivity index (χ2v) is 9.93. The number of hydrogen-bond acceptors (Lipinski definition) is 3. The van der Waals surface area contributed by atoms with Gasteiger partial charge in [-0.25, -0.2) is 4.79 Å². The first-order chi connectivity index (χ1) is 15.5. The highest BCUT2D eigenvalue weighted by atomic mass is 79.9. The van der Waals surface area contributed by atoms with E-state index in [1.807, 2.05) is 28.8 Å². The molecule has 2 N–H and O–H groups in total. The Morgan fingerprint density at radius 2 is 1.78 bits per heavy atom. The van der Waals surface area contributed by atoms with Crippen molar-refractivity contribution in [3.63, 3.8) is 0 Å². The van der Waals surface area contributed by atoms with Gasteiger partial charge in [0.05, 0.1) is 11.0 Å². The fourth-order valence-electron chi connectivity index (χ4n) is 5.66. The van der Waals surface area contributed by atoms with Crippen LogP contribution in [0.4, 0.5) is 0 Å². The number of benzene rings is 2. The van der Waals surface area contributed by atoms with E-state index in [1.54, 1.807) is 11.5 Å². The van der Waals surface area contributed by atoms with Crippen LogP contribution in [0.1, 0.15) is 61.9 Å². The van der Waals surface area contributed by atoms with Crippen LogP contribution < -0.4 is 11.4 Å². The van der Waals surface area contributed by atoms with E-state index in [9.17, 15) is 9.59 Å². The van der Waals surface area contributed by atoms with Crippen LogP contribution >= 0.6 is 15.9 Å². The first-order valence-corrected chi connectivity index (χ1v) is 12.3. The van der Waals surface area contributed by atoms with E-state index in [4.69, 9.17) is 5.73 Å². The summed E-state index contributed by atoms with van der Waals surface area (Å²) in [6.45, 7) is 3.61.